The molecule has 10 heteroatoms. The number of ketones is 2. The molecular formula is C14H10F2N6O2. The Balaban J connectivity index is 1.84. The Labute approximate surface area is 133 Å². The van der Waals surface area contributed by atoms with Gasteiger partial charge in [0.05, 0.1) is 0 Å². The van der Waals surface area contributed by atoms with Crippen LogP contribution in [0, 0.1) is 0 Å². The molecule has 3 rings (SSSR count). The van der Waals surface area contributed by atoms with Gasteiger partial charge in [-0.25, -0.2) is 28.1 Å². The van der Waals surface area contributed by atoms with Crippen LogP contribution >= 0.6 is 0 Å². The summed E-state index contributed by atoms with van der Waals surface area (Å²) >= 11 is 0. The zero-order valence-electron chi connectivity index (χ0n) is 12.0. The van der Waals surface area contributed by atoms with Gasteiger partial charge < -0.3 is 0 Å². The normalized spacial score (nSPS) is 13.4. The molecule has 2 unspecified atom stereocenters. The average molecular weight is 332 g/mol. The van der Waals surface area contributed by atoms with Crippen LogP contribution in [0.15, 0.2) is 49.6 Å². The lowest BCUT2D eigenvalue weighted by molar-refractivity contribution is 0.0775. The topological polar surface area (TPSA) is 95.6 Å². The van der Waals surface area contributed by atoms with E-state index >= 15 is 0 Å². The molecule has 0 saturated heterocycles. The van der Waals surface area contributed by atoms with E-state index in [-0.39, 0.29) is 11.1 Å². The standard InChI is InChI=1S/C14H10F2N6O2/c15-13(21-7-17-5-19-21)11(23)9-2-1-3-10(4-9)12(24)14(16)22-8-18-6-20-22/h1-8,13-14H. The molecule has 2 heterocycles. The first kappa shape index (κ1) is 15.6. The van der Waals surface area contributed by atoms with Crippen LogP contribution in [0.1, 0.15) is 33.3 Å². The fourth-order valence-corrected chi connectivity index (χ4v) is 2.01. The van der Waals surface area contributed by atoms with E-state index in [0.717, 1.165) is 40.7 Å². The molecule has 3 aromatic rings. The Morgan fingerprint density at radius 2 is 1.33 bits per heavy atom. The number of carbonyl (C=O) groups is 2. The summed E-state index contributed by atoms with van der Waals surface area (Å²) in [6.07, 6.45) is 0.112. The summed E-state index contributed by atoms with van der Waals surface area (Å²) in [6, 6.07) is 5.14. The van der Waals surface area contributed by atoms with Crippen LogP contribution in [-0.4, -0.2) is 41.1 Å². The molecule has 2 aromatic heterocycles. The van der Waals surface area contributed by atoms with E-state index in [2.05, 4.69) is 20.2 Å². The second-order valence-corrected chi connectivity index (χ2v) is 4.73. The van der Waals surface area contributed by atoms with Gasteiger partial charge >= 0.3 is 0 Å². The van der Waals surface area contributed by atoms with Crippen molar-refractivity contribution in [3.63, 3.8) is 0 Å². The van der Waals surface area contributed by atoms with E-state index in [9.17, 15) is 18.4 Å². The largest absolute Gasteiger partial charge is 0.289 e. The van der Waals surface area contributed by atoms with Gasteiger partial charge in [0.15, 0.2) is 0 Å². The number of alkyl halides is 2. The quantitative estimate of drug-likeness (QED) is 0.636. The van der Waals surface area contributed by atoms with E-state index in [1.54, 1.807) is 0 Å². The van der Waals surface area contributed by atoms with Gasteiger partial charge in [-0.3, -0.25) is 9.59 Å². The summed E-state index contributed by atoms with van der Waals surface area (Å²) in [4.78, 5) is 31.4. The molecule has 8 nitrogen and oxygen atoms in total. The fourth-order valence-electron chi connectivity index (χ4n) is 2.01. The number of aromatic nitrogens is 6. The number of rotatable bonds is 6. The molecule has 0 N–H and O–H groups in total. The Morgan fingerprint density at radius 3 is 1.71 bits per heavy atom. The van der Waals surface area contributed by atoms with Crippen LogP contribution in [-0.2, 0) is 0 Å². The first-order valence-corrected chi connectivity index (χ1v) is 6.73. The predicted octanol–water partition coefficient (Wildman–Crippen LogP) is 1.57. The van der Waals surface area contributed by atoms with Crippen LogP contribution in [0.2, 0.25) is 0 Å². The Bertz CT molecular complexity index is 783. The molecule has 122 valence electrons. The lowest BCUT2D eigenvalue weighted by atomic mass is 10.0. The van der Waals surface area contributed by atoms with Gasteiger partial charge in [0, 0.05) is 11.1 Å². The predicted molar refractivity (Wildman–Crippen MR) is 75.4 cm³/mol. The van der Waals surface area contributed by atoms with Crippen molar-refractivity contribution in [3.05, 3.63) is 60.7 Å². The molecular weight excluding hydrogens is 322 g/mol. The second kappa shape index (κ2) is 6.44. The lowest BCUT2D eigenvalue weighted by Crippen LogP contribution is -2.18. The highest BCUT2D eigenvalue weighted by molar-refractivity contribution is 6.03. The highest BCUT2D eigenvalue weighted by Gasteiger charge is 2.25. The molecule has 0 radical (unpaired) electrons. The van der Waals surface area contributed by atoms with Gasteiger partial charge in [-0.1, -0.05) is 18.2 Å². The maximum atomic E-state index is 14.1. The van der Waals surface area contributed by atoms with Gasteiger partial charge in [0.25, 0.3) is 12.6 Å². The minimum atomic E-state index is -2.09. The summed E-state index contributed by atoms with van der Waals surface area (Å²) in [5.74, 6) is -1.85. The smallest absolute Gasteiger partial charge is 0.255 e. The van der Waals surface area contributed by atoms with E-state index in [0.29, 0.717) is 0 Å². The van der Waals surface area contributed by atoms with Gasteiger partial charge in [-0.15, -0.1) is 0 Å². The Kier molecular flexibility index (Phi) is 4.18. The maximum Gasteiger partial charge on any atom is 0.255 e. The number of halogens is 2. The van der Waals surface area contributed by atoms with E-state index in [1.165, 1.54) is 18.2 Å². The van der Waals surface area contributed by atoms with Crippen molar-refractivity contribution < 1.29 is 18.4 Å². The Hall–Kier alpha value is -3.30. The number of carbonyl (C=O) groups excluding carboxylic acids is 2. The maximum absolute atomic E-state index is 14.1. The number of benzene rings is 1. The summed E-state index contributed by atoms with van der Waals surface area (Å²) in [5, 5.41) is 7.09. The molecule has 1 aromatic carbocycles. The molecule has 0 bridgehead atoms. The first-order valence-electron chi connectivity index (χ1n) is 6.73. The van der Waals surface area contributed by atoms with Crippen LogP contribution < -0.4 is 0 Å². The Morgan fingerprint density at radius 1 is 0.875 bits per heavy atom. The molecule has 0 aliphatic carbocycles. The minimum absolute atomic E-state index is 0.0883. The van der Waals surface area contributed by atoms with Crippen molar-refractivity contribution in [1.29, 1.82) is 0 Å². The molecule has 0 spiro atoms. The SMILES string of the molecule is O=C(c1cccc(C(=O)C(F)n2cncn2)c1)C(F)n1cncn1. The summed E-state index contributed by atoms with van der Waals surface area (Å²) in [5.41, 5.74) is -0.177. The van der Waals surface area contributed by atoms with Crippen molar-refractivity contribution in [3.8, 4) is 0 Å². The first-order chi connectivity index (χ1) is 11.6. The van der Waals surface area contributed by atoms with Crippen molar-refractivity contribution in [2.75, 3.05) is 0 Å². The lowest BCUT2D eigenvalue weighted by Gasteiger charge is -2.10. The van der Waals surface area contributed by atoms with Crippen LogP contribution in [0.5, 0.6) is 0 Å². The van der Waals surface area contributed by atoms with E-state index in [1.807, 2.05) is 0 Å². The molecule has 0 aliphatic heterocycles. The molecule has 0 amide bonds. The number of hydrogen-bond donors (Lipinski definition) is 0. The molecule has 0 aliphatic rings. The third-order valence-corrected chi connectivity index (χ3v) is 3.20. The third-order valence-electron chi connectivity index (χ3n) is 3.20. The zero-order valence-corrected chi connectivity index (χ0v) is 12.0. The molecule has 0 fully saturated rings. The van der Waals surface area contributed by atoms with Crippen molar-refractivity contribution in [2.45, 2.75) is 12.6 Å². The summed E-state index contributed by atoms with van der Waals surface area (Å²) < 4.78 is 29.7. The van der Waals surface area contributed by atoms with Gasteiger partial charge in [-0.05, 0) is 6.07 Å². The van der Waals surface area contributed by atoms with E-state index in [4.69, 9.17) is 0 Å². The number of Topliss-reactive ketones (excluding diaryl/α,β-unsaturated/α-hetero) is 2. The highest BCUT2D eigenvalue weighted by atomic mass is 19.1. The van der Waals surface area contributed by atoms with Crippen LogP contribution in [0.3, 0.4) is 0 Å². The zero-order chi connectivity index (χ0) is 17.1. The van der Waals surface area contributed by atoms with E-state index < -0.39 is 24.2 Å². The van der Waals surface area contributed by atoms with Gasteiger partial charge in [-0.2, -0.15) is 10.2 Å². The van der Waals surface area contributed by atoms with Crippen LogP contribution in [0.25, 0.3) is 0 Å². The van der Waals surface area contributed by atoms with Gasteiger partial charge in [0.2, 0.25) is 11.6 Å². The van der Waals surface area contributed by atoms with Crippen molar-refractivity contribution in [1.82, 2.24) is 29.5 Å². The van der Waals surface area contributed by atoms with Crippen LogP contribution in [0.4, 0.5) is 8.78 Å². The van der Waals surface area contributed by atoms with Crippen molar-refractivity contribution >= 4 is 11.6 Å². The third kappa shape index (κ3) is 2.93. The average Bonchev–Trinajstić information content (AvgIpc) is 3.32. The van der Waals surface area contributed by atoms with Crippen molar-refractivity contribution in [2.24, 2.45) is 0 Å². The van der Waals surface area contributed by atoms with Gasteiger partial charge in [0.1, 0.15) is 25.3 Å². The highest BCUT2D eigenvalue weighted by Crippen LogP contribution is 2.19. The molecule has 2 atom stereocenters. The molecule has 24 heavy (non-hydrogen) atoms. The summed E-state index contributed by atoms with van der Waals surface area (Å²) in [7, 11) is 0. The minimum Gasteiger partial charge on any atom is -0.289 e. The summed E-state index contributed by atoms with van der Waals surface area (Å²) in [6.45, 7) is 0. The molecule has 0 saturated carbocycles. The fraction of sp³-hybridized carbons (Fsp3) is 0.143. The number of nitrogens with zero attached hydrogens (tertiary/aromatic N) is 6. The second-order valence-electron chi connectivity index (χ2n) is 4.73. The number of hydrogen-bond acceptors (Lipinski definition) is 6. The monoisotopic (exact) mass is 332 g/mol.